The number of quaternary nitrogens is 1. The molecule has 0 spiro atoms. The summed E-state index contributed by atoms with van der Waals surface area (Å²) in [4.78, 5) is 13.7. The van der Waals surface area contributed by atoms with E-state index >= 15 is 0 Å². The van der Waals surface area contributed by atoms with Gasteiger partial charge in [0.05, 0.1) is 28.7 Å². The van der Waals surface area contributed by atoms with Crippen molar-refractivity contribution in [3.05, 3.63) is 69.5 Å². The molecule has 2 aromatic carbocycles. The first-order chi connectivity index (χ1) is 20.1. The van der Waals surface area contributed by atoms with Crippen LogP contribution in [0.15, 0.2) is 47.8 Å². The lowest BCUT2D eigenvalue weighted by atomic mass is 9.79. The molecule has 1 aromatic heterocycles. The van der Waals surface area contributed by atoms with Gasteiger partial charge in [0.1, 0.15) is 10.7 Å². The van der Waals surface area contributed by atoms with Gasteiger partial charge in [0.2, 0.25) is 0 Å². The van der Waals surface area contributed by atoms with Gasteiger partial charge in [0, 0.05) is 0 Å². The summed E-state index contributed by atoms with van der Waals surface area (Å²) >= 11 is 1.31. The number of benzene rings is 2. The summed E-state index contributed by atoms with van der Waals surface area (Å²) in [5, 5.41) is 31.9. The highest BCUT2D eigenvalue weighted by molar-refractivity contribution is 7.09. The molecule has 0 radical (unpaired) electrons. The number of nitrogens with one attached hydrogen (secondary N) is 1. The van der Waals surface area contributed by atoms with E-state index in [-0.39, 0.29) is 17.3 Å². The van der Waals surface area contributed by atoms with E-state index < -0.39 is 10.9 Å². The Morgan fingerprint density at radius 3 is 2.40 bits per heavy atom. The van der Waals surface area contributed by atoms with E-state index in [4.69, 9.17) is 9.84 Å². The molecule has 0 amide bonds. The predicted octanol–water partition coefficient (Wildman–Crippen LogP) is 9.01. The largest absolute Gasteiger partial charge is 0.497 e. The average Bonchev–Trinajstić information content (AvgIpc) is 3.39. The number of aryl methyl sites for hydroxylation is 1. The number of hydrogen-bond donors (Lipinski definition) is 4. The number of rotatable bonds is 14. The molecule has 230 valence electrons. The second kappa shape index (κ2) is 16.0. The molecule has 2 unspecified atom stereocenters. The molecular weight excluding hydrogens is 550 g/mol. The number of aromatic carboxylic acids is 1. The van der Waals surface area contributed by atoms with E-state index in [1.807, 2.05) is 0 Å². The monoisotopic (exact) mass is 598 g/mol. The lowest BCUT2D eigenvalue weighted by Gasteiger charge is -2.29. The van der Waals surface area contributed by atoms with Crippen molar-refractivity contribution in [2.75, 3.05) is 12.5 Å². The van der Waals surface area contributed by atoms with Gasteiger partial charge in [-0.2, -0.15) is 10.4 Å². The Kier molecular flexibility index (Phi) is 12.8. The van der Waals surface area contributed by atoms with Crippen molar-refractivity contribution in [1.29, 1.82) is 0 Å². The number of carboxylic acids is 1. The molecule has 3 aromatic rings. The third kappa shape index (κ3) is 9.80. The molecule has 1 heterocycles. The molecule has 9 heteroatoms. The Hall–Kier alpha value is -2.98. The fourth-order valence-electron chi connectivity index (χ4n) is 5.20. The Bertz CT molecular complexity index is 1260. The number of anilines is 1. The summed E-state index contributed by atoms with van der Waals surface area (Å²) in [6.07, 6.45) is 10.9. The summed E-state index contributed by atoms with van der Waals surface area (Å²) in [5.41, 5.74) is 5.55. The van der Waals surface area contributed by atoms with E-state index in [0.717, 1.165) is 42.4 Å². The smallest absolute Gasteiger partial charge is 0.335 e. The second-order valence-electron chi connectivity index (χ2n) is 11.5. The molecule has 0 aliphatic heterocycles. The Morgan fingerprint density at radius 2 is 1.88 bits per heavy atom. The van der Waals surface area contributed by atoms with E-state index in [1.54, 1.807) is 31.5 Å². The zero-order chi connectivity index (χ0) is 30.7. The Labute approximate surface area is 254 Å². The van der Waals surface area contributed by atoms with Gasteiger partial charge in [-0.1, -0.05) is 65.0 Å². The first-order valence-corrected chi connectivity index (χ1v) is 16.0. The fraction of sp³-hybridized carbons (Fsp3) is 0.515. The van der Waals surface area contributed by atoms with Crippen LogP contribution in [0, 0.1) is 18.8 Å². The number of thiazole rings is 1. The van der Waals surface area contributed by atoms with Gasteiger partial charge in [-0.3, -0.25) is 0 Å². The molecule has 0 bridgehead atoms. The maximum absolute atomic E-state index is 11.2. The molecule has 0 saturated heterocycles. The van der Waals surface area contributed by atoms with Crippen molar-refractivity contribution < 1.29 is 25.1 Å². The van der Waals surface area contributed by atoms with E-state index in [0.29, 0.717) is 10.7 Å². The third-order valence-corrected chi connectivity index (χ3v) is 8.89. The van der Waals surface area contributed by atoms with Crippen molar-refractivity contribution in [2.24, 2.45) is 11.8 Å². The molecule has 1 aliphatic rings. The minimum absolute atomic E-state index is 0.0642. The number of hydrogen-bond acceptors (Lipinski definition) is 7. The van der Waals surface area contributed by atoms with E-state index in [1.165, 1.54) is 61.5 Å². The summed E-state index contributed by atoms with van der Waals surface area (Å²) in [7, 11) is 1.72. The second-order valence-corrected chi connectivity index (χ2v) is 12.5. The Balaban J connectivity index is 0.000000236. The minimum Gasteiger partial charge on any atom is -0.497 e. The molecule has 4 rings (SSSR count). The van der Waals surface area contributed by atoms with Gasteiger partial charge in [0.15, 0.2) is 0 Å². The van der Waals surface area contributed by atoms with Gasteiger partial charge < -0.3 is 9.84 Å². The van der Waals surface area contributed by atoms with Crippen LogP contribution in [-0.2, 0) is 6.42 Å². The quantitative estimate of drug-likeness (QED) is 0.108. The zero-order valence-corrected chi connectivity index (χ0v) is 26.5. The molecule has 1 aliphatic carbocycles. The average molecular weight is 599 g/mol. The Morgan fingerprint density at radius 1 is 1.17 bits per heavy atom. The standard InChI is InChI=1S/C18H30O.C15H17N3O4S/c1-5-7-8-17(13-15(3)6-2)14-16-9-11-18(19-4)12-10-16;1-9-16-14(8-23-9)18(21,22)17-13-6-5-11(15(19)20)7-12(13)10-3-2-4-10/h9-12,15,17H,5-8,13-14H2,1-4H3;5-8,10,17,21-22H,2-4H2,1H3/p+1. The summed E-state index contributed by atoms with van der Waals surface area (Å²) in [6, 6.07) is 13.2. The lowest BCUT2D eigenvalue weighted by Crippen LogP contribution is -2.48. The highest BCUT2D eigenvalue weighted by Gasteiger charge is 2.33. The predicted molar refractivity (Wildman–Crippen MR) is 170 cm³/mol. The van der Waals surface area contributed by atoms with Crippen molar-refractivity contribution >= 4 is 28.8 Å². The van der Waals surface area contributed by atoms with Gasteiger partial charge in [-0.25, -0.2) is 4.79 Å². The van der Waals surface area contributed by atoms with Gasteiger partial charge in [-0.05, 0) is 91.8 Å². The highest BCUT2D eigenvalue weighted by atomic mass is 32.1. The van der Waals surface area contributed by atoms with Crippen LogP contribution in [0.4, 0.5) is 11.5 Å². The first kappa shape index (κ1) is 33.5. The van der Waals surface area contributed by atoms with Crippen LogP contribution in [0.2, 0.25) is 0 Å². The van der Waals surface area contributed by atoms with Crippen LogP contribution in [0.1, 0.15) is 105 Å². The van der Waals surface area contributed by atoms with Crippen molar-refractivity contribution in [2.45, 2.75) is 91.4 Å². The zero-order valence-electron chi connectivity index (χ0n) is 25.7. The van der Waals surface area contributed by atoms with Crippen LogP contribution in [0.25, 0.3) is 0 Å². The molecule has 1 fully saturated rings. The third-order valence-electron chi connectivity index (χ3n) is 8.13. The minimum atomic E-state index is -1.57. The molecule has 4 N–H and O–H groups in total. The number of carbonyl (C=O) groups is 1. The number of ether oxygens (including phenoxy) is 1. The summed E-state index contributed by atoms with van der Waals surface area (Å²) in [6.45, 7) is 8.74. The molecular formula is C33H48N3O5S+. The van der Waals surface area contributed by atoms with Crippen molar-refractivity contribution in [3.8, 4) is 5.75 Å². The van der Waals surface area contributed by atoms with E-state index in [2.05, 4.69) is 55.4 Å². The number of nitrogens with zero attached hydrogens (tertiary/aromatic N) is 2. The fourth-order valence-corrected chi connectivity index (χ4v) is 5.82. The van der Waals surface area contributed by atoms with Crippen LogP contribution in [0.3, 0.4) is 0 Å². The van der Waals surface area contributed by atoms with Crippen molar-refractivity contribution in [1.82, 2.24) is 9.90 Å². The number of methoxy groups -OCH3 is 1. The molecule has 8 nitrogen and oxygen atoms in total. The van der Waals surface area contributed by atoms with Crippen LogP contribution in [0.5, 0.6) is 5.75 Å². The SMILES string of the molecule is CCCCC(Cc1ccc(OC)cc1)CC(C)CC.Cc1nc([N+](O)(O)Nc2ccc(C(=O)O)cc2C2CCC2)cs1. The van der Waals surface area contributed by atoms with Gasteiger partial charge >= 0.3 is 11.8 Å². The van der Waals surface area contributed by atoms with Crippen LogP contribution >= 0.6 is 11.3 Å². The normalized spacial score (nSPS) is 14.7. The van der Waals surface area contributed by atoms with Crippen LogP contribution in [-0.4, -0.2) is 33.6 Å². The first-order valence-electron chi connectivity index (χ1n) is 15.1. The van der Waals surface area contributed by atoms with Gasteiger partial charge in [0.25, 0.3) is 0 Å². The molecule has 2 atom stereocenters. The maximum atomic E-state index is 11.2. The number of unbranched alkanes of at least 4 members (excludes halogenated alkanes) is 1. The molecule has 1 saturated carbocycles. The molecule has 42 heavy (non-hydrogen) atoms. The topological polar surface area (TPSA) is 112 Å². The van der Waals surface area contributed by atoms with Gasteiger partial charge in [-0.15, -0.1) is 21.8 Å². The maximum Gasteiger partial charge on any atom is 0.335 e. The van der Waals surface area contributed by atoms with Crippen LogP contribution < -0.4 is 15.1 Å². The van der Waals surface area contributed by atoms with E-state index in [9.17, 15) is 15.2 Å². The summed E-state index contributed by atoms with van der Waals surface area (Å²) in [5.74, 6) is 1.93. The summed E-state index contributed by atoms with van der Waals surface area (Å²) < 4.78 is 5.22. The number of carboxylic acid groups (broad SMARTS) is 1. The highest BCUT2D eigenvalue weighted by Crippen LogP contribution is 2.41. The van der Waals surface area contributed by atoms with Crippen molar-refractivity contribution in [3.63, 3.8) is 0 Å². The number of aromatic nitrogens is 1. The lowest BCUT2D eigenvalue weighted by molar-refractivity contribution is -0.274.